The van der Waals surface area contributed by atoms with Gasteiger partial charge in [0, 0.05) is 20.2 Å². The minimum absolute atomic E-state index is 0.398. The molecule has 1 aliphatic rings. The number of hydrogen-bond acceptors (Lipinski definition) is 3. The van der Waals surface area contributed by atoms with Gasteiger partial charge in [-0.25, -0.2) is 0 Å². The van der Waals surface area contributed by atoms with E-state index < -0.39 is 6.35 Å². The Bertz CT molecular complexity index is 625. The standard InChI is InChI=1S/C16H14Cl4N2O/c1-23-16-21(14-10(17)4-2-5-11(14)18)8-9-22(16)15-12(19)6-3-7-13(15)20/h2-7,16H,8-9H2,1H3. The Morgan fingerprint density at radius 3 is 1.43 bits per heavy atom. The minimum atomic E-state index is -0.398. The number of ether oxygens (including phenoxy) is 1. The average Bonchev–Trinajstić information content (AvgIpc) is 2.90. The zero-order valence-electron chi connectivity index (χ0n) is 12.3. The van der Waals surface area contributed by atoms with Crippen LogP contribution < -0.4 is 9.80 Å². The average molecular weight is 392 g/mol. The third-order valence-corrected chi connectivity index (χ3v) is 5.00. The van der Waals surface area contributed by atoms with Gasteiger partial charge in [-0.3, -0.25) is 0 Å². The van der Waals surface area contributed by atoms with Crippen molar-refractivity contribution in [1.82, 2.24) is 0 Å². The smallest absolute Gasteiger partial charge is 0.210 e. The molecule has 1 aliphatic heterocycles. The molecule has 0 amide bonds. The highest BCUT2D eigenvalue weighted by atomic mass is 35.5. The van der Waals surface area contributed by atoms with Gasteiger partial charge in [-0.2, -0.15) is 0 Å². The lowest BCUT2D eigenvalue weighted by molar-refractivity contribution is 0.114. The van der Waals surface area contributed by atoms with E-state index in [-0.39, 0.29) is 0 Å². The first-order valence-electron chi connectivity index (χ1n) is 6.98. The van der Waals surface area contributed by atoms with Gasteiger partial charge in [-0.15, -0.1) is 0 Å². The Morgan fingerprint density at radius 2 is 1.13 bits per heavy atom. The molecule has 3 nitrogen and oxygen atoms in total. The van der Waals surface area contributed by atoms with Crippen LogP contribution in [-0.2, 0) is 4.74 Å². The van der Waals surface area contributed by atoms with Crippen molar-refractivity contribution in [2.75, 3.05) is 30.0 Å². The van der Waals surface area contributed by atoms with Crippen molar-refractivity contribution in [1.29, 1.82) is 0 Å². The first-order valence-corrected chi connectivity index (χ1v) is 8.50. The molecule has 1 heterocycles. The highest BCUT2D eigenvalue weighted by Gasteiger charge is 2.36. The van der Waals surface area contributed by atoms with Crippen LogP contribution >= 0.6 is 46.4 Å². The number of methoxy groups -OCH3 is 1. The molecule has 0 atom stereocenters. The van der Waals surface area contributed by atoms with Gasteiger partial charge in [0.25, 0.3) is 0 Å². The zero-order chi connectivity index (χ0) is 16.6. The summed E-state index contributed by atoms with van der Waals surface area (Å²) >= 11 is 25.3. The fourth-order valence-corrected chi connectivity index (χ4v) is 4.06. The summed E-state index contributed by atoms with van der Waals surface area (Å²) in [6.45, 7) is 1.37. The van der Waals surface area contributed by atoms with Crippen LogP contribution in [0.2, 0.25) is 20.1 Å². The fourth-order valence-electron chi connectivity index (χ4n) is 2.83. The highest BCUT2D eigenvalue weighted by molar-refractivity contribution is 6.40. The van der Waals surface area contributed by atoms with Gasteiger partial charge in [0.2, 0.25) is 6.35 Å². The Balaban J connectivity index is 2.02. The van der Waals surface area contributed by atoms with E-state index in [1.165, 1.54) is 0 Å². The van der Waals surface area contributed by atoms with Gasteiger partial charge in [-0.05, 0) is 24.3 Å². The van der Waals surface area contributed by atoms with Crippen LogP contribution in [0.4, 0.5) is 11.4 Å². The van der Waals surface area contributed by atoms with Crippen molar-refractivity contribution >= 4 is 57.8 Å². The summed E-state index contributed by atoms with van der Waals surface area (Å²) < 4.78 is 5.68. The SMILES string of the molecule is COC1N(c2c(Cl)cccc2Cl)CCN1c1c(Cl)cccc1Cl. The predicted molar refractivity (Wildman–Crippen MR) is 98.4 cm³/mol. The number of rotatable bonds is 3. The minimum Gasteiger partial charge on any atom is -0.344 e. The largest absolute Gasteiger partial charge is 0.344 e. The molecular formula is C16H14Cl4N2O. The monoisotopic (exact) mass is 390 g/mol. The highest BCUT2D eigenvalue weighted by Crippen LogP contribution is 2.41. The van der Waals surface area contributed by atoms with E-state index in [4.69, 9.17) is 51.1 Å². The number of anilines is 2. The molecule has 0 aliphatic carbocycles. The lowest BCUT2D eigenvalue weighted by Gasteiger charge is -2.32. The van der Waals surface area contributed by atoms with E-state index in [0.29, 0.717) is 33.2 Å². The molecule has 2 aromatic carbocycles. The van der Waals surface area contributed by atoms with E-state index in [1.54, 1.807) is 31.4 Å². The molecule has 0 bridgehead atoms. The van der Waals surface area contributed by atoms with Gasteiger partial charge in [-0.1, -0.05) is 58.5 Å². The van der Waals surface area contributed by atoms with Crippen molar-refractivity contribution in [3.63, 3.8) is 0 Å². The van der Waals surface area contributed by atoms with Gasteiger partial charge in [0.15, 0.2) is 0 Å². The van der Waals surface area contributed by atoms with Crippen LogP contribution in [0, 0.1) is 0 Å². The van der Waals surface area contributed by atoms with Crippen LogP contribution in [-0.4, -0.2) is 26.6 Å². The number of halogens is 4. The Kier molecular flexibility index (Phi) is 5.14. The van der Waals surface area contributed by atoms with Crippen LogP contribution in [0.1, 0.15) is 0 Å². The lowest BCUT2D eigenvalue weighted by Crippen LogP contribution is -2.41. The van der Waals surface area contributed by atoms with E-state index in [9.17, 15) is 0 Å². The van der Waals surface area contributed by atoms with Crippen LogP contribution in [0.3, 0.4) is 0 Å². The maximum atomic E-state index is 6.34. The maximum Gasteiger partial charge on any atom is 0.210 e. The summed E-state index contributed by atoms with van der Waals surface area (Å²) in [4.78, 5) is 4.01. The van der Waals surface area contributed by atoms with E-state index >= 15 is 0 Å². The molecular weight excluding hydrogens is 378 g/mol. The molecule has 23 heavy (non-hydrogen) atoms. The number of para-hydroxylation sites is 2. The Hall–Kier alpha value is -0.840. The third-order valence-electron chi connectivity index (χ3n) is 3.78. The molecule has 1 fully saturated rings. The normalized spacial score (nSPS) is 15.5. The van der Waals surface area contributed by atoms with Crippen LogP contribution in [0.5, 0.6) is 0 Å². The summed E-state index contributed by atoms with van der Waals surface area (Å²) in [5.74, 6) is 0. The second-order valence-electron chi connectivity index (χ2n) is 5.09. The molecule has 0 saturated carbocycles. The first kappa shape index (κ1) is 17.0. The molecule has 0 aromatic heterocycles. The zero-order valence-corrected chi connectivity index (χ0v) is 15.3. The van der Waals surface area contributed by atoms with E-state index in [1.807, 2.05) is 21.9 Å². The summed E-state index contributed by atoms with van der Waals surface area (Å²) in [5.41, 5.74) is 1.49. The Labute approximate surface area is 155 Å². The summed E-state index contributed by atoms with van der Waals surface area (Å²) in [5, 5.41) is 2.30. The molecule has 7 heteroatoms. The molecule has 122 valence electrons. The predicted octanol–water partition coefficient (Wildman–Crippen LogP) is 5.56. The van der Waals surface area contributed by atoms with Gasteiger partial charge < -0.3 is 14.5 Å². The third kappa shape index (κ3) is 3.09. The van der Waals surface area contributed by atoms with Crippen molar-refractivity contribution in [3.05, 3.63) is 56.5 Å². The van der Waals surface area contributed by atoms with E-state index in [2.05, 4.69) is 0 Å². The number of nitrogens with zero attached hydrogens (tertiary/aromatic N) is 2. The molecule has 2 aromatic rings. The van der Waals surface area contributed by atoms with Crippen LogP contribution in [0.25, 0.3) is 0 Å². The number of hydrogen-bond donors (Lipinski definition) is 0. The van der Waals surface area contributed by atoms with Crippen molar-refractivity contribution in [2.24, 2.45) is 0 Å². The lowest BCUT2D eigenvalue weighted by atomic mass is 10.3. The molecule has 0 unspecified atom stereocenters. The van der Waals surface area contributed by atoms with Crippen LogP contribution in [0.15, 0.2) is 36.4 Å². The van der Waals surface area contributed by atoms with E-state index in [0.717, 1.165) is 11.4 Å². The number of benzene rings is 2. The summed E-state index contributed by atoms with van der Waals surface area (Å²) in [7, 11) is 1.63. The molecule has 3 rings (SSSR count). The second kappa shape index (κ2) is 6.96. The van der Waals surface area contributed by atoms with Gasteiger partial charge in [0.1, 0.15) is 0 Å². The second-order valence-corrected chi connectivity index (χ2v) is 6.72. The van der Waals surface area contributed by atoms with Gasteiger partial charge in [0.05, 0.1) is 31.5 Å². The van der Waals surface area contributed by atoms with Crippen molar-refractivity contribution in [2.45, 2.75) is 6.35 Å². The van der Waals surface area contributed by atoms with Crippen molar-refractivity contribution < 1.29 is 4.74 Å². The fraction of sp³-hybridized carbons (Fsp3) is 0.250. The molecule has 0 N–H and O–H groups in total. The Morgan fingerprint density at radius 1 is 0.783 bits per heavy atom. The summed E-state index contributed by atoms with van der Waals surface area (Å²) in [6, 6.07) is 10.9. The first-order chi connectivity index (χ1) is 11.0. The topological polar surface area (TPSA) is 15.7 Å². The van der Waals surface area contributed by atoms with Crippen molar-refractivity contribution in [3.8, 4) is 0 Å². The maximum absolute atomic E-state index is 6.34. The van der Waals surface area contributed by atoms with Gasteiger partial charge >= 0.3 is 0 Å². The summed E-state index contributed by atoms with van der Waals surface area (Å²) in [6.07, 6.45) is -0.398. The molecule has 0 radical (unpaired) electrons. The molecule has 1 saturated heterocycles. The quantitative estimate of drug-likeness (QED) is 0.681. The molecule has 0 spiro atoms.